The number of aromatic nitrogens is 3. The third kappa shape index (κ3) is 4.53. The summed E-state index contributed by atoms with van der Waals surface area (Å²) in [6.45, 7) is 4.01. The third-order valence-electron chi connectivity index (χ3n) is 3.97. The molecule has 0 aliphatic heterocycles. The molecule has 1 unspecified atom stereocenters. The van der Waals surface area contributed by atoms with Gasteiger partial charge in [-0.15, -0.1) is 10.2 Å². The number of hydrogen-bond donors (Lipinski definition) is 1. The van der Waals surface area contributed by atoms with E-state index < -0.39 is 0 Å². The lowest BCUT2D eigenvalue weighted by atomic mass is 10.1. The van der Waals surface area contributed by atoms with Gasteiger partial charge in [0, 0.05) is 4.47 Å². The molecule has 0 saturated carbocycles. The Hall–Kier alpha value is -2.12. The molecule has 0 radical (unpaired) electrons. The Morgan fingerprint density at radius 1 is 1.23 bits per heavy atom. The van der Waals surface area contributed by atoms with Gasteiger partial charge in [0.05, 0.1) is 17.5 Å². The lowest BCUT2D eigenvalue weighted by Gasteiger charge is -2.14. The molecule has 26 heavy (non-hydrogen) atoms. The molecular weight excluding hydrogens is 412 g/mol. The van der Waals surface area contributed by atoms with Crippen molar-refractivity contribution in [3.05, 3.63) is 70.5 Å². The number of rotatable bonds is 6. The van der Waals surface area contributed by atoms with E-state index in [9.17, 15) is 4.79 Å². The number of benzene rings is 2. The summed E-state index contributed by atoms with van der Waals surface area (Å²) in [5.41, 5.74) is 3.21. The van der Waals surface area contributed by atoms with Crippen LogP contribution >= 0.6 is 27.7 Å². The van der Waals surface area contributed by atoms with Crippen molar-refractivity contribution in [1.82, 2.24) is 20.1 Å². The Morgan fingerprint density at radius 2 is 1.96 bits per heavy atom. The molecule has 7 heteroatoms. The molecule has 0 spiro atoms. The zero-order chi connectivity index (χ0) is 18.5. The van der Waals surface area contributed by atoms with Crippen LogP contribution in [0.2, 0.25) is 0 Å². The van der Waals surface area contributed by atoms with E-state index in [2.05, 4.69) is 31.4 Å². The first-order valence-corrected chi connectivity index (χ1v) is 9.96. The molecule has 1 heterocycles. The van der Waals surface area contributed by atoms with Gasteiger partial charge in [-0.2, -0.15) is 0 Å². The zero-order valence-electron chi connectivity index (χ0n) is 14.5. The monoisotopic (exact) mass is 430 g/mol. The summed E-state index contributed by atoms with van der Waals surface area (Å²) in [4.78, 5) is 12.3. The maximum Gasteiger partial charge on any atom is 0.230 e. The SMILES string of the molecule is Cc1ccccc1-n1cnnc1SCC(=O)NC(C)c1ccc(Br)cc1. The fourth-order valence-electron chi connectivity index (χ4n) is 2.57. The highest BCUT2D eigenvalue weighted by atomic mass is 79.9. The number of halogens is 1. The largest absolute Gasteiger partial charge is 0.349 e. The number of nitrogens with one attached hydrogen (secondary N) is 1. The van der Waals surface area contributed by atoms with Crippen LogP contribution in [0.1, 0.15) is 24.1 Å². The van der Waals surface area contributed by atoms with Gasteiger partial charge in [0.15, 0.2) is 5.16 Å². The van der Waals surface area contributed by atoms with Crippen LogP contribution in [-0.2, 0) is 4.79 Å². The van der Waals surface area contributed by atoms with E-state index >= 15 is 0 Å². The number of hydrogen-bond acceptors (Lipinski definition) is 4. The molecule has 3 rings (SSSR count). The molecule has 0 aliphatic carbocycles. The summed E-state index contributed by atoms with van der Waals surface area (Å²) >= 11 is 4.79. The van der Waals surface area contributed by atoms with Gasteiger partial charge in [-0.25, -0.2) is 0 Å². The van der Waals surface area contributed by atoms with Crippen molar-refractivity contribution in [2.24, 2.45) is 0 Å². The number of carbonyl (C=O) groups excluding carboxylic acids is 1. The second-order valence-electron chi connectivity index (χ2n) is 5.90. The fraction of sp³-hybridized carbons (Fsp3) is 0.211. The van der Waals surface area contributed by atoms with Crippen molar-refractivity contribution in [1.29, 1.82) is 0 Å². The van der Waals surface area contributed by atoms with E-state index in [0.717, 1.165) is 21.3 Å². The minimum Gasteiger partial charge on any atom is -0.349 e. The summed E-state index contributed by atoms with van der Waals surface area (Å²) < 4.78 is 2.93. The van der Waals surface area contributed by atoms with Gasteiger partial charge in [0.25, 0.3) is 0 Å². The summed E-state index contributed by atoms with van der Waals surface area (Å²) in [6.07, 6.45) is 1.67. The minimum absolute atomic E-state index is 0.0373. The maximum atomic E-state index is 12.3. The summed E-state index contributed by atoms with van der Waals surface area (Å²) in [5.74, 6) is 0.246. The molecule has 0 saturated heterocycles. The average Bonchev–Trinajstić information content (AvgIpc) is 3.09. The van der Waals surface area contributed by atoms with Crippen LogP contribution in [-0.4, -0.2) is 26.4 Å². The van der Waals surface area contributed by atoms with E-state index in [4.69, 9.17) is 0 Å². The number of para-hydroxylation sites is 1. The molecule has 0 bridgehead atoms. The normalized spacial score (nSPS) is 12.0. The predicted molar refractivity (Wildman–Crippen MR) is 108 cm³/mol. The van der Waals surface area contributed by atoms with Gasteiger partial charge >= 0.3 is 0 Å². The van der Waals surface area contributed by atoms with E-state index in [-0.39, 0.29) is 17.7 Å². The maximum absolute atomic E-state index is 12.3. The van der Waals surface area contributed by atoms with Crippen LogP contribution in [0.3, 0.4) is 0 Å². The highest BCUT2D eigenvalue weighted by Crippen LogP contribution is 2.22. The van der Waals surface area contributed by atoms with Crippen molar-refractivity contribution in [2.45, 2.75) is 25.0 Å². The Labute approximate surface area is 165 Å². The number of aryl methyl sites for hydroxylation is 1. The van der Waals surface area contributed by atoms with Gasteiger partial charge in [0.2, 0.25) is 5.91 Å². The second kappa shape index (κ2) is 8.51. The molecule has 3 aromatic rings. The second-order valence-corrected chi connectivity index (χ2v) is 7.76. The highest BCUT2D eigenvalue weighted by molar-refractivity contribution is 9.10. The van der Waals surface area contributed by atoms with Gasteiger partial charge in [-0.05, 0) is 43.2 Å². The smallest absolute Gasteiger partial charge is 0.230 e. The van der Waals surface area contributed by atoms with Crippen molar-refractivity contribution in [3.63, 3.8) is 0 Å². The Morgan fingerprint density at radius 3 is 2.69 bits per heavy atom. The van der Waals surface area contributed by atoms with Crippen LogP contribution < -0.4 is 5.32 Å². The fourth-order valence-corrected chi connectivity index (χ4v) is 3.57. The zero-order valence-corrected chi connectivity index (χ0v) is 16.9. The summed E-state index contributed by atoms with van der Waals surface area (Å²) in [6, 6.07) is 15.9. The topological polar surface area (TPSA) is 59.8 Å². The number of thioether (sulfide) groups is 1. The minimum atomic E-state index is -0.0505. The molecule has 1 atom stereocenters. The molecule has 1 aromatic heterocycles. The van der Waals surface area contributed by atoms with Crippen molar-refractivity contribution in [2.75, 3.05) is 5.75 Å². The Balaban J connectivity index is 1.61. The van der Waals surface area contributed by atoms with Crippen molar-refractivity contribution in [3.8, 4) is 5.69 Å². The van der Waals surface area contributed by atoms with Crippen LogP contribution in [0.25, 0.3) is 5.69 Å². The van der Waals surface area contributed by atoms with Gasteiger partial charge < -0.3 is 5.32 Å². The van der Waals surface area contributed by atoms with Crippen LogP contribution in [0.4, 0.5) is 0 Å². The summed E-state index contributed by atoms with van der Waals surface area (Å²) in [7, 11) is 0. The molecular formula is C19H19BrN4OS. The number of amides is 1. The third-order valence-corrected chi connectivity index (χ3v) is 5.44. The van der Waals surface area contributed by atoms with Crippen LogP contribution in [0, 0.1) is 6.92 Å². The van der Waals surface area contributed by atoms with Crippen LogP contribution in [0.5, 0.6) is 0 Å². The van der Waals surface area contributed by atoms with E-state index in [1.165, 1.54) is 11.8 Å². The average molecular weight is 431 g/mol. The first-order valence-electron chi connectivity index (χ1n) is 8.18. The standard InChI is InChI=1S/C19H19BrN4OS/c1-13-5-3-4-6-17(13)24-12-21-23-19(24)26-11-18(25)22-14(2)15-7-9-16(20)10-8-15/h3-10,12,14H,11H2,1-2H3,(H,22,25). The van der Waals surface area contributed by atoms with E-state index in [1.54, 1.807) is 6.33 Å². The first kappa shape index (κ1) is 18.7. The van der Waals surface area contributed by atoms with Gasteiger partial charge in [0.1, 0.15) is 6.33 Å². The quantitative estimate of drug-likeness (QED) is 0.591. The first-order chi connectivity index (χ1) is 12.5. The molecule has 1 N–H and O–H groups in total. The van der Waals surface area contributed by atoms with Crippen LogP contribution in [0.15, 0.2) is 64.5 Å². The Kier molecular flexibility index (Phi) is 6.11. The molecule has 0 fully saturated rings. The van der Waals surface area contributed by atoms with Gasteiger partial charge in [-0.3, -0.25) is 9.36 Å². The molecule has 5 nitrogen and oxygen atoms in total. The number of nitrogens with zero attached hydrogens (tertiary/aromatic N) is 3. The molecule has 1 amide bonds. The Bertz CT molecular complexity index is 895. The predicted octanol–water partition coefficient (Wildman–Crippen LogP) is 4.31. The highest BCUT2D eigenvalue weighted by Gasteiger charge is 2.13. The van der Waals surface area contributed by atoms with Crippen molar-refractivity contribution >= 4 is 33.6 Å². The molecule has 134 valence electrons. The lowest BCUT2D eigenvalue weighted by molar-refractivity contribution is -0.119. The number of carbonyl (C=O) groups is 1. The van der Waals surface area contributed by atoms with Gasteiger partial charge in [-0.1, -0.05) is 58.0 Å². The molecule has 0 aliphatic rings. The van der Waals surface area contributed by atoms with E-state index in [0.29, 0.717) is 5.16 Å². The summed E-state index contributed by atoms with van der Waals surface area (Å²) in [5, 5.41) is 11.8. The van der Waals surface area contributed by atoms with E-state index in [1.807, 2.05) is 66.9 Å². The van der Waals surface area contributed by atoms with Crippen molar-refractivity contribution < 1.29 is 4.79 Å². The lowest BCUT2D eigenvalue weighted by Crippen LogP contribution is -2.28. The molecule has 2 aromatic carbocycles.